The molecule has 1 heterocycles. The molecule has 0 bridgehead atoms. The third-order valence-electron chi connectivity index (χ3n) is 2.57. The van der Waals surface area contributed by atoms with E-state index in [1.165, 1.54) is 6.92 Å². The van der Waals surface area contributed by atoms with Crippen LogP contribution in [0.4, 0.5) is 0 Å². The van der Waals surface area contributed by atoms with Gasteiger partial charge in [-0.1, -0.05) is 0 Å². The zero-order valence-corrected chi connectivity index (χ0v) is 10.8. The molecule has 1 fully saturated rings. The molecule has 0 saturated carbocycles. The van der Waals surface area contributed by atoms with E-state index in [4.69, 9.17) is 0 Å². The fraction of sp³-hybridized carbons (Fsp3) is 0.800. The summed E-state index contributed by atoms with van der Waals surface area (Å²) >= 11 is 0. The standard InChI is InChI=1S/C10H19N3O2.ClH/c1-7-6-11-4-5-13(7)10(15)8(2)12-9(3)14;/h7-8,11H,4-6H2,1-3H3,(H,12,14);1H/t7-,8?;/m0./s1. The predicted molar refractivity (Wildman–Crippen MR) is 64.6 cm³/mol. The molecule has 0 radical (unpaired) electrons. The Morgan fingerprint density at radius 3 is 2.62 bits per heavy atom. The van der Waals surface area contributed by atoms with Crippen molar-refractivity contribution < 1.29 is 9.59 Å². The summed E-state index contributed by atoms with van der Waals surface area (Å²) in [6, 6.07) is -0.231. The van der Waals surface area contributed by atoms with Gasteiger partial charge in [0, 0.05) is 32.6 Å². The first-order valence-corrected chi connectivity index (χ1v) is 5.30. The molecule has 2 amide bonds. The number of hydrogen-bond acceptors (Lipinski definition) is 3. The van der Waals surface area contributed by atoms with E-state index in [1.807, 2.05) is 11.8 Å². The summed E-state index contributed by atoms with van der Waals surface area (Å²) < 4.78 is 0. The highest BCUT2D eigenvalue weighted by atomic mass is 35.5. The average Bonchev–Trinajstić information content (AvgIpc) is 2.16. The number of halogens is 1. The first-order valence-electron chi connectivity index (χ1n) is 5.30. The SMILES string of the molecule is CC(=O)NC(C)C(=O)N1CCNC[C@@H]1C.Cl. The molecule has 1 saturated heterocycles. The van der Waals surface area contributed by atoms with Crippen LogP contribution >= 0.6 is 12.4 Å². The van der Waals surface area contributed by atoms with Gasteiger partial charge in [-0.15, -0.1) is 12.4 Å². The van der Waals surface area contributed by atoms with Crippen LogP contribution in [0.5, 0.6) is 0 Å². The third kappa shape index (κ3) is 3.98. The number of carbonyl (C=O) groups is 2. The number of carbonyl (C=O) groups excluding carboxylic acids is 2. The summed E-state index contributed by atoms with van der Waals surface area (Å²) in [6.45, 7) is 7.50. The van der Waals surface area contributed by atoms with Crippen molar-refractivity contribution in [3.05, 3.63) is 0 Å². The second kappa shape index (κ2) is 6.70. The van der Waals surface area contributed by atoms with E-state index in [1.54, 1.807) is 6.92 Å². The fourth-order valence-corrected chi connectivity index (χ4v) is 1.78. The van der Waals surface area contributed by atoms with Crippen molar-refractivity contribution in [2.24, 2.45) is 0 Å². The van der Waals surface area contributed by atoms with Crippen molar-refractivity contribution in [1.82, 2.24) is 15.5 Å². The van der Waals surface area contributed by atoms with E-state index in [0.717, 1.165) is 13.1 Å². The Balaban J connectivity index is 0.00000225. The van der Waals surface area contributed by atoms with Crippen molar-refractivity contribution in [1.29, 1.82) is 0 Å². The highest BCUT2D eigenvalue weighted by Gasteiger charge is 2.26. The summed E-state index contributed by atoms with van der Waals surface area (Å²) in [4.78, 5) is 24.6. The normalized spacial score (nSPS) is 21.9. The molecule has 0 spiro atoms. The maximum absolute atomic E-state index is 11.9. The highest BCUT2D eigenvalue weighted by molar-refractivity contribution is 5.86. The van der Waals surface area contributed by atoms with Crippen LogP contribution in [0.3, 0.4) is 0 Å². The molecule has 0 aromatic heterocycles. The molecule has 1 rings (SSSR count). The van der Waals surface area contributed by atoms with Crippen molar-refractivity contribution >= 4 is 24.2 Å². The number of nitrogens with zero attached hydrogens (tertiary/aromatic N) is 1. The topological polar surface area (TPSA) is 61.4 Å². The number of nitrogens with one attached hydrogen (secondary N) is 2. The molecule has 1 aliphatic heterocycles. The van der Waals surface area contributed by atoms with Crippen molar-refractivity contribution in [3.63, 3.8) is 0 Å². The van der Waals surface area contributed by atoms with Gasteiger partial charge >= 0.3 is 0 Å². The lowest BCUT2D eigenvalue weighted by Gasteiger charge is -2.35. The molecule has 1 aliphatic rings. The Kier molecular flexibility index (Phi) is 6.36. The van der Waals surface area contributed by atoms with Crippen LogP contribution in [0.15, 0.2) is 0 Å². The van der Waals surface area contributed by atoms with E-state index in [2.05, 4.69) is 10.6 Å². The Morgan fingerprint density at radius 2 is 2.12 bits per heavy atom. The molecule has 0 aromatic carbocycles. The minimum atomic E-state index is -0.428. The van der Waals surface area contributed by atoms with Gasteiger partial charge in [0.1, 0.15) is 6.04 Å². The summed E-state index contributed by atoms with van der Waals surface area (Å²) in [7, 11) is 0. The quantitative estimate of drug-likeness (QED) is 0.710. The monoisotopic (exact) mass is 249 g/mol. The summed E-state index contributed by atoms with van der Waals surface area (Å²) in [5, 5.41) is 5.83. The maximum Gasteiger partial charge on any atom is 0.245 e. The average molecular weight is 250 g/mol. The van der Waals surface area contributed by atoms with Crippen molar-refractivity contribution in [3.8, 4) is 0 Å². The van der Waals surface area contributed by atoms with Crippen LogP contribution in [0.1, 0.15) is 20.8 Å². The van der Waals surface area contributed by atoms with E-state index in [-0.39, 0.29) is 30.3 Å². The van der Waals surface area contributed by atoms with Crippen molar-refractivity contribution in [2.75, 3.05) is 19.6 Å². The molecule has 0 aromatic rings. The molecule has 1 unspecified atom stereocenters. The second-order valence-electron chi connectivity index (χ2n) is 4.01. The van der Waals surface area contributed by atoms with Gasteiger partial charge in [0.2, 0.25) is 11.8 Å². The van der Waals surface area contributed by atoms with Crippen LogP contribution < -0.4 is 10.6 Å². The van der Waals surface area contributed by atoms with E-state index in [0.29, 0.717) is 6.54 Å². The van der Waals surface area contributed by atoms with Crippen LogP contribution in [0, 0.1) is 0 Å². The zero-order chi connectivity index (χ0) is 11.4. The van der Waals surface area contributed by atoms with Gasteiger partial charge in [0.25, 0.3) is 0 Å². The van der Waals surface area contributed by atoms with Crippen LogP contribution in [-0.4, -0.2) is 48.4 Å². The van der Waals surface area contributed by atoms with Crippen molar-refractivity contribution in [2.45, 2.75) is 32.9 Å². The Morgan fingerprint density at radius 1 is 1.50 bits per heavy atom. The largest absolute Gasteiger partial charge is 0.345 e. The van der Waals surface area contributed by atoms with E-state index >= 15 is 0 Å². The minimum absolute atomic E-state index is 0. The number of piperazine rings is 1. The van der Waals surface area contributed by atoms with Gasteiger partial charge in [0.15, 0.2) is 0 Å². The maximum atomic E-state index is 11.9. The summed E-state index contributed by atoms with van der Waals surface area (Å²) in [6.07, 6.45) is 0. The van der Waals surface area contributed by atoms with E-state index in [9.17, 15) is 9.59 Å². The van der Waals surface area contributed by atoms with Gasteiger partial charge in [-0.25, -0.2) is 0 Å². The van der Waals surface area contributed by atoms with Gasteiger partial charge in [-0.05, 0) is 13.8 Å². The molecule has 2 atom stereocenters. The molecular weight excluding hydrogens is 230 g/mol. The van der Waals surface area contributed by atoms with Gasteiger partial charge < -0.3 is 15.5 Å². The lowest BCUT2D eigenvalue weighted by atomic mass is 10.2. The third-order valence-corrected chi connectivity index (χ3v) is 2.57. The number of amides is 2. The zero-order valence-electron chi connectivity index (χ0n) is 9.95. The van der Waals surface area contributed by atoms with Gasteiger partial charge in [0.05, 0.1) is 0 Å². The Bertz CT molecular complexity index is 260. The van der Waals surface area contributed by atoms with Crippen LogP contribution in [-0.2, 0) is 9.59 Å². The molecule has 94 valence electrons. The molecular formula is C10H20ClN3O2. The van der Waals surface area contributed by atoms with Gasteiger partial charge in [-0.2, -0.15) is 0 Å². The lowest BCUT2D eigenvalue weighted by Crippen LogP contribution is -2.57. The predicted octanol–water partition coefficient (Wildman–Crippen LogP) is -0.247. The fourth-order valence-electron chi connectivity index (χ4n) is 1.78. The smallest absolute Gasteiger partial charge is 0.245 e. The van der Waals surface area contributed by atoms with Crippen LogP contribution in [0.25, 0.3) is 0 Å². The first-order chi connectivity index (χ1) is 7.02. The van der Waals surface area contributed by atoms with Gasteiger partial charge in [-0.3, -0.25) is 9.59 Å². The second-order valence-corrected chi connectivity index (χ2v) is 4.01. The van der Waals surface area contributed by atoms with Crippen LogP contribution in [0.2, 0.25) is 0 Å². The molecule has 2 N–H and O–H groups in total. The summed E-state index contributed by atoms with van der Waals surface area (Å²) in [5.41, 5.74) is 0. The number of hydrogen-bond donors (Lipinski definition) is 2. The van der Waals surface area contributed by atoms with E-state index < -0.39 is 6.04 Å². The Labute approximate surface area is 102 Å². The molecule has 5 nitrogen and oxygen atoms in total. The Hall–Kier alpha value is -0.810. The molecule has 16 heavy (non-hydrogen) atoms. The molecule has 0 aliphatic carbocycles. The highest BCUT2D eigenvalue weighted by Crippen LogP contribution is 2.04. The first kappa shape index (κ1) is 15.2. The molecule has 6 heteroatoms. The minimum Gasteiger partial charge on any atom is -0.345 e. The number of rotatable bonds is 2. The lowest BCUT2D eigenvalue weighted by molar-refractivity contribution is -0.138. The summed E-state index contributed by atoms with van der Waals surface area (Å²) in [5.74, 6) is -0.169.